The van der Waals surface area contributed by atoms with E-state index in [0.717, 1.165) is 25.0 Å². The molecule has 0 bridgehead atoms. The van der Waals surface area contributed by atoms with E-state index in [0.29, 0.717) is 11.7 Å². The highest BCUT2D eigenvalue weighted by Crippen LogP contribution is 2.31. The first-order chi connectivity index (χ1) is 9.15. The zero-order valence-electron chi connectivity index (χ0n) is 10.4. The van der Waals surface area contributed by atoms with E-state index in [1.165, 1.54) is 22.5 Å². The van der Waals surface area contributed by atoms with Crippen LogP contribution < -0.4 is 10.9 Å². The summed E-state index contributed by atoms with van der Waals surface area (Å²) in [5.74, 6) is 0.381. The van der Waals surface area contributed by atoms with Crippen LogP contribution in [0.25, 0.3) is 0 Å². The Balaban J connectivity index is 1.86. The highest BCUT2D eigenvalue weighted by molar-refractivity contribution is 7.99. The summed E-state index contributed by atoms with van der Waals surface area (Å²) in [6, 6.07) is 0. The van der Waals surface area contributed by atoms with Crippen molar-refractivity contribution in [1.82, 2.24) is 14.9 Å². The molecule has 7 heteroatoms. The SMILES string of the molecule is O=C(NC1(CO)CCC1)c1cnc2n(c1=O)CCS2. The van der Waals surface area contributed by atoms with Crippen LogP contribution in [0.3, 0.4) is 0 Å². The highest BCUT2D eigenvalue weighted by atomic mass is 32.2. The van der Waals surface area contributed by atoms with Crippen LogP contribution in [0.5, 0.6) is 0 Å². The Kier molecular flexibility index (Phi) is 3.10. The van der Waals surface area contributed by atoms with Crippen LogP contribution in [-0.2, 0) is 6.54 Å². The van der Waals surface area contributed by atoms with Gasteiger partial charge in [-0.05, 0) is 19.3 Å². The molecule has 1 aromatic heterocycles. The van der Waals surface area contributed by atoms with E-state index in [-0.39, 0.29) is 17.7 Å². The molecule has 3 rings (SSSR count). The standard InChI is InChI=1S/C12H15N3O3S/c16-7-12(2-1-3-12)14-9(17)8-6-13-11-15(10(8)18)4-5-19-11/h6,16H,1-5,7H2,(H,14,17). The van der Waals surface area contributed by atoms with Crippen LogP contribution in [0.4, 0.5) is 0 Å². The summed E-state index contributed by atoms with van der Waals surface area (Å²) in [7, 11) is 0. The maximum Gasteiger partial charge on any atom is 0.267 e. The molecule has 0 unspecified atom stereocenters. The minimum Gasteiger partial charge on any atom is -0.394 e. The summed E-state index contributed by atoms with van der Waals surface area (Å²) in [5, 5.41) is 12.8. The maximum atomic E-state index is 12.2. The van der Waals surface area contributed by atoms with E-state index < -0.39 is 11.4 Å². The van der Waals surface area contributed by atoms with Crippen molar-refractivity contribution in [2.75, 3.05) is 12.4 Å². The molecule has 1 saturated carbocycles. The number of carbonyl (C=O) groups excluding carboxylic acids is 1. The number of fused-ring (bicyclic) bond motifs is 1. The second-order valence-electron chi connectivity index (χ2n) is 5.01. The first-order valence-corrected chi connectivity index (χ1v) is 7.30. The van der Waals surface area contributed by atoms with Gasteiger partial charge in [-0.2, -0.15) is 0 Å². The minimum absolute atomic E-state index is 0.0611. The molecular formula is C12H15N3O3S. The van der Waals surface area contributed by atoms with Crippen molar-refractivity contribution in [2.24, 2.45) is 0 Å². The van der Waals surface area contributed by atoms with Crippen LogP contribution >= 0.6 is 11.8 Å². The molecule has 0 saturated heterocycles. The van der Waals surface area contributed by atoms with Gasteiger partial charge < -0.3 is 10.4 Å². The number of aromatic nitrogens is 2. The van der Waals surface area contributed by atoms with E-state index in [4.69, 9.17) is 0 Å². The summed E-state index contributed by atoms with van der Waals surface area (Å²) in [4.78, 5) is 28.5. The lowest BCUT2D eigenvalue weighted by molar-refractivity contribution is 0.0639. The quantitative estimate of drug-likeness (QED) is 0.762. The van der Waals surface area contributed by atoms with E-state index in [9.17, 15) is 14.7 Å². The van der Waals surface area contributed by atoms with Crippen molar-refractivity contribution in [3.05, 3.63) is 22.1 Å². The van der Waals surface area contributed by atoms with Gasteiger partial charge >= 0.3 is 0 Å². The average Bonchev–Trinajstić information content (AvgIpc) is 2.83. The van der Waals surface area contributed by atoms with Gasteiger partial charge in [0, 0.05) is 18.5 Å². The Hall–Kier alpha value is -1.34. The molecule has 19 heavy (non-hydrogen) atoms. The number of rotatable bonds is 3. The fourth-order valence-electron chi connectivity index (χ4n) is 2.41. The topological polar surface area (TPSA) is 84.2 Å². The van der Waals surface area contributed by atoms with Crippen LogP contribution in [0, 0.1) is 0 Å². The fraction of sp³-hybridized carbons (Fsp3) is 0.583. The van der Waals surface area contributed by atoms with Crippen LogP contribution in [0.2, 0.25) is 0 Å². The zero-order chi connectivity index (χ0) is 13.5. The molecular weight excluding hydrogens is 266 g/mol. The highest BCUT2D eigenvalue weighted by Gasteiger charge is 2.38. The molecule has 1 aliphatic carbocycles. The van der Waals surface area contributed by atoms with Crippen molar-refractivity contribution in [3.8, 4) is 0 Å². The number of nitrogens with one attached hydrogen (secondary N) is 1. The molecule has 1 amide bonds. The third-order valence-corrected chi connectivity index (χ3v) is 4.76. The average molecular weight is 281 g/mol. The molecule has 1 aromatic rings. The molecule has 1 fully saturated rings. The number of hydrogen-bond acceptors (Lipinski definition) is 5. The van der Waals surface area contributed by atoms with Crippen molar-refractivity contribution in [3.63, 3.8) is 0 Å². The van der Waals surface area contributed by atoms with E-state index >= 15 is 0 Å². The normalized spacial score (nSPS) is 19.6. The molecule has 6 nitrogen and oxygen atoms in total. The van der Waals surface area contributed by atoms with Crippen LogP contribution in [-0.4, -0.2) is 38.5 Å². The summed E-state index contributed by atoms with van der Waals surface area (Å²) >= 11 is 1.52. The minimum atomic E-state index is -0.540. The first kappa shape index (κ1) is 12.7. The number of aliphatic hydroxyl groups excluding tert-OH is 1. The number of aliphatic hydroxyl groups is 1. The molecule has 0 radical (unpaired) electrons. The third-order valence-electron chi connectivity index (χ3n) is 3.79. The lowest BCUT2D eigenvalue weighted by Crippen LogP contribution is -2.56. The van der Waals surface area contributed by atoms with Gasteiger partial charge in [0.1, 0.15) is 5.56 Å². The zero-order valence-corrected chi connectivity index (χ0v) is 11.2. The van der Waals surface area contributed by atoms with Gasteiger partial charge in [-0.1, -0.05) is 11.8 Å². The third kappa shape index (κ3) is 2.06. The van der Waals surface area contributed by atoms with Gasteiger partial charge in [0.15, 0.2) is 5.16 Å². The Labute approximate surface area is 114 Å². The molecule has 1 aliphatic heterocycles. The van der Waals surface area contributed by atoms with E-state index in [1.54, 1.807) is 0 Å². The number of carbonyl (C=O) groups is 1. The van der Waals surface area contributed by atoms with Gasteiger partial charge in [0.05, 0.1) is 12.1 Å². The molecule has 0 aromatic carbocycles. The smallest absolute Gasteiger partial charge is 0.267 e. The Morgan fingerprint density at radius 3 is 3.00 bits per heavy atom. The second kappa shape index (κ2) is 4.64. The number of hydrogen-bond donors (Lipinski definition) is 2. The van der Waals surface area contributed by atoms with Crippen molar-refractivity contribution in [1.29, 1.82) is 0 Å². The summed E-state index contributed by atoms with van der Waals surface area (Å²) in [6.45, 7) is 0.506. The Morgan fingerprint density at radius 1 is 1.58 bits per heavy atom. The summed E-state index contributed by atoms with van der Waals surface area (Å²) in [6.07, 6.45) is 3.83. The Morgan fingerprint density at radius 2 is 2.37 bits per heavy atom. The molecule has 0 spiro atoms. The molecule has 102 valence electrons. The number of amides is 1. The maximum absolute atomic E-state index is 12.2. The lowest BCUT2D eigenvalue weighted by Gasteiger charge is -2.40. The predicted molar refractivity (Wildman–Crippen MR) is 70.4 cm³/mol. The van der Waals surface area contributed by atoms with E-state index in [1.807, 2.05) is 0 Å². The molecule has 2 aliphatic rings. The van der Waals surface area contributed by atoms with Gasteiger partial charge in [-0.25, -0.2) is 4.98 Å². The van der Waals surface area contributed by atoms with Gasteiger partial charge in [-0.15, -0.1) is 0 Å². The van der Waals surface area contributed by atoms with Crippen LogP contribution in [0.1, 0.15) is 29.6 Å². The molecule has 2 N–H and O–H groups in total. The van der Waals surface area contributed by atoms with Crippen molar-refractivity contribution >= 4 is 17.7 Å². The van der Waals surface area contributed by atoms with Crippen molar-refractivity contribution in [2.45, 2.75) is 36.5 Å². The first-order valence-electron chi connectivity index (χ1n) is 6.31. The monoisotopic (exact) mass is 281 g/mol. The van der Waals surface area contributed by atoms with Crippen LogP contribution in [0.15, 0.2) is 16.1 Å². The fourth-order valence-corrected chi connectivity index (χ4v) is 3.32. The summed E-state index contributed by atoms with van der Waals surface area (Å²) in [5.41, 5.74) is -0.770. The van der Waals surface area contributed by atoms with Gasteiger partial charge in [0.25, 0.3) is 11.5 Å². The second-order valence-corrected chi connectivity index (χ2v) is 6.07. The molecule has 2 heterocycles. The lowest BCUT2D eigenvalue weighted by atomic mass is 9.77. The predicted octanol–water partition coefficient (Wildman–Crippen LogP) is -0.00620. The summed E-state index contributed by atoms with van der Waals surface area (Å²) < 4.78 is 1.53. The largest absolute Gasteiger partial charge is 0.394 e. The van der Waals surface area contributed by atoms with Crippen molar-refractivity contribution < 1.29 is 9.90 Å². The van der Waals surface area contributed by atoms with Gasteiger partial charge in [-0.3, -0.25) is 14.2 Å². The molecule has 0 atom stereocenters. The van der Waals surface area contributed by atoms with E-state index in [2.05, 4.69) is 10.3 Å². The number of thioether (sulfide) groups is 1. The Bertz CT molecular complexity index is 575. The van der Waals surface area contributed by atoms with Gasteiger partial charge in [0.2, 0.25) is 0 Å². The number of nitrogens with zero attached hydrogens (tertiary/aromatic N) is 2.